The number of nitrogens with zero attached hydrogens (tertiary/aromatic N) is 3. The maximum Gasteiger partial charge on any atom is 0.240 e. The highest BCUT2D eigenvalue weighted by atomic mass is 19.1. The van der Waals surface area contributed by atoms with Crippen molar-refractivity contribution in [2.24, 2.45) is 5.92 Å². The molecule has 6 heteroatoms. The Balaban J connectivity index is 1.29. The lowest BCUT2D eigenvalue weighted by molar-refractivity contribution is 0.0538. The third-order valence-corrected chi connectivity index (χ3v) is 5.40. The van der Waals surface area contributed by atoms with Gasteiger partial charge in [-0.25, -0.2) is 4.39 Å². The van der Waals surface area contributed by atoms with Gasteiger partial charge in [0.2, 0.25) is 5.89 Å². The molecular weight excluding hydrogens is 357 g/mol. The Bertz CT molecular complexity index is 892. The molecule has 146 valence electrons. The summed E-state index contributed by atoms with van der Waals surface area (Å²) in [6, 6.07) is 16.5. The molecule has 1 saturated heterocycles. The van der Waals surface area contributed by atoms with Crippen LogP contribution in [-0.2, 0) is 13.0 Å². The lowest BCUT2D eigenvalue weighted by atomic mass is 9.87. The predicted molar refractivity (Wildman–Crippen MR) is 103 cm³/mol. The van der Waals surface area contributed by atoms with Gasteiger partial charge in [0.05, 0.1) is 12.6 Å². The van der Waals surface area contributed by atoms with E-state index in [2.05, 4.69) is 15.0 Å². The zero-order chi connectivity index (χ0) is 19.3. The molecule has 1 aliphatic rings. The number of aliphatic hydroxyl groups is 1. The molecule has 0 bridgehead atoms. The minimum Gasteiger partial charge on any atom is -0.388 e. The van der Waals surface area contributed by atoms with Gasteiger partial charge in [0.25, 0.3) is 0 Å². The Kier molecular flexibility index (Phi) is 5.78. The van der Waals surface area contributed by atoms with E-state index in [9.17, 15) is 9.50 Å². The molecule has 28 heavy (non-hydrogen) atoms. The van der Waals surface area contributed by atoms with Crippen LogP contribution < -0.4 is 0 Å². The minimum atomic E-state index is -0.417. The second-order valence-corrected chi connectivity index (χ2v) is 7.34. The Morgan fingerprint density at radius 1 is 1.07 bits per heavy atom. The van der Waals surface area contributed by atoms with Crippen molar-refractivity contribution in [2.45, 2.75) is 31.9 Å². The fourth-order valence-electron chi connectivity index (χ4n) is 3.78. The molecule has 0 amide bonds. The van der Waals surface area contributed by atoms with E-state index in [1.165, 1.54) is 6.07 Å². The van der Waals surface area contributed by atoms with Crippen molar-refractivity contribution in [3.8, 4) is 0 Å². The number of aromatic nitrogens is 2. The first kappa shape index (κ1) is 18.8. The summed E-state index contributed by atoms with van der Waals surface area (Å²) in [6.07, 6.45) is 1.75. The van der Waals surface area contributed by atoms with Crippen LogP contribution in [0.3, 0.4) is 0 Å². The van der Waals surface area contributed by atoms with Gasteiger partial charge < -0.3 is 9.63 Å². The Morgan fingerprint density at radius 2 is 1.79 bits per heavy atom. The molecular formula is C22H24FN3O2. The van der Waals surface area contributed by atoms with E-state index in [1.807, 2.05) is 30.3 Å². The number of aliphatic hydroxyl groups excluding tert-OH is 1. The molecule has 1 N–H and O–H groups in total. The second-order valence-electron chi connectivity index (χ2n) is 7.34. The van der Waals surface area contributed by atoms with Crippen LogP contribution in [0.5, 0.6) is 0 Å². The van der Waals surface area contributed by atoms with Crippen molar-refractivity contribution in [3.63, 3.8) is 0 Å². The quantitative estimate of drug-likeness (QED) is 0.705. The lowest BCUT2D eigenvalue weighted by Crippen LogP contribution is -2.35. The molecule has 1 aliphatic heterocycles. The van der Waals surface area contributed by atoms with Crippen LogP contribution in [0.15, 0.2) is 59.1 Å². The van der Waals surface area contributed by atoms with Crippen LogP contribution in [0, 0.1) is 11.7 Å². The minimum absolute atomic E-state index is 0.257. The Labute approximate surface area is 163 Å². The van der Waals surface area contributed by atoms with E-state index in [-0.39, 0.29) is 11.7 Å². The van der Waals surface area contributed by atoms with Crippen LogP contribution in [0.4, 0.5) is 4.39 Å². The monoisotopic (exact) mass is 381 g/mol. The number of hydrogen-bond acceptors (Lipinski definition) is 5. The summed E-state index contributed by atoms with van der Waals surface area (Å²) in [5.41, 5.74) is 1.54. The van der Waals surface area contributed by atoms with Crippen molar-refractivity contribution in [2.75, 3.05) is 13.1 Å². The lowest BCUT2D eigenvalue weighted by Gasteiger charge is -2.33. The van der Waals surface area contributed by atoms with Gasteiger partial charge in [0, 0.05) is 6.42 Å². The highest BCUT2D eigenvalue weighted by Gasteiger charge is 2.27. The van der Waals surface area contributed by atoms with Crippen LogP contribution in [-0.4, -0.2) is 33.2 Å². The standard InChI is InChI=1S/C22H24FN3O2/c23-19-9-5-4-8-18(19)14-20-24-21(28-25-20)15-26-12-10-17(11-13-26)22(27)16-6-2-1-3-7-16/h1-9,17,22,27H,10-15H2. The summed E-state index contributed by atoms with van der Waals surface area (Å²) < 4.78 is 19.1. The fourth-order valence-corrected chi connectivity index (χ4v) is 3.78. The third-order valence-electron chi connectivity index (χ3n) is 5.40. The molecule has 1 atom stereocenters. The van der Waals surface area contributed by atoms with E-state index in [0.717, 1.165) is 31.5 Å². The summed E-state index contributed by atoms with van der Waals surface area (Å²) in [5, 5.41) is 14.6. The summed E-state index contributed by atoms with van der Waals surface area (Å²) >= 11 is 0. The van der Waals surface area contributed by atoms with Gasteiger partial charge in [-0.2, -0.15) is 4.98 Å². The van der Waals surface area contributed by atoms with Gasteiger partial charge in [-0.05, 0) is 49.0 Å². The molecule has 5 nitrogen and oxygen atoms in total. The molecule has 3 aromatic rings. The first-order valence-electron chi connectivity index (χ1n) is 9.69. The maximum absolute atomic E-state index is 13.8. The number of rotatable bonds is 6. The SMILES string of the molecule is OC(c1ccccc1)C1CCN(Cc2nc(Cc3ccccc3F)no2)CC1. The second kappa shape index (κ2) is 8.63. The van der Waals surface area contributed by atoms with Gasteiger partial charge in [0.1, 0.15) is 5.82 Å². The van der Waals surface area contributed by atoms with Crippen molar-refractivity contribution in [1.29, 1.82) is 0 Å². The summed E-state index contributed by atoms with van der Waals surface area (Å²) in [6.45, 7) is 2.33. The van der Waals surface area contributed by atoms with E-state index < -0.39 is 6.10 Å². The normalized spacial score (nSPS) is 16.9. The number of hydrogen-bond donors (Lipinski definition) is 1. The smallest absolute Gasteiger partial charge is 0.240 e. The predicted octanol–water partition coefficient (Wildman–Crippen LogP) is 3.75. The van der Waals surface area contributed by atoms with Crippen LogP contribution in [0.25, 0.3) is 0 Å². The molecule has 0 saturated carbocycles. The first-order valence-corrected chi connectivity index (χ1v) is 9.69. The Hall–Kier alpha value is -2.57. The molecule has 4 rings (SSSR count). The van der Waals surface area contributed by atoms with Crippen LogP contribution in [0.1, 0.15) is 41.8 Å². The largest absolute Gasteiger partial charge is 0.388 e. The first-order chi connectivity index (χ1) is 13.7. The van der Waals surface area contributed by atoms with Gasteiger partial charge in [-0.1, -0.05) is 53.7 Å². The number of benzene rings is 2. The van der Waals surface area contributed by atoms with Gasteiger partial charge in [-0.15, -0.1) is 0 Å². The van der Waals surface area contributed by atoms with Crippen molar-refractivity contribution >= 4 is 0 Å². The van der Waals surface area contributed by atoms with Crippen LogP contribution in [0.2, 0.25) is 0 Å². The van der Waals surface area contributed by atoms with Gasteiger partial charge in [-0.3, -0.25) is 4.90 Å². The Morgan fingerprint density at radius 3 is 2.54 bits per heavy atom. The highest BCUT2D eigenvalue weighted by molar-refractivity contribution is 5.21. The summed E-state index contributed by atoms with van der Waals surface area (Å²) in [4.78, 5) is 6.67. The maximum atomic E-state index is 13.8. The van der Waals surface area contributed by atoms with Crippen molar-refractivity contribution in [3.05, 3.63) is 83.3 Å². The zero-order valence-corrected chi connectivity index (χ0v) is 15.7. The molecule has 1 aromatic heterocycles. The van der Waals surface area contributed by atoms with Crippen molar-refractivity contribution < 1.29 is 14.0 Å². The van der Waals surface area contributed by atoms with E-state index in [4.69, 9.17) is 4.52 Å². The number of piperidine rings is 1. The third kappa shape index (κ3) is 4.46. The van der Waals surface area contributed by atoms with E-state index in [0.29, 0.717) is 30.2 Å². The highest BCUT2D eigenvalue weighted by Crippen LogP contribution is 2.31. The van der Waals surface area contributed by atoms with Crippen LogP contribution >= 0.6 is 0 Å². The van der Waals surface area contributed by atoms with Gasteiger partial charge >= 0.3 is 0 Å². The molecule has 2 heterocycles. The topological polar surface area (TPSA) is 62.4 Å². The molecule has 0 radical (unpaired) electrons. The molecule has 2 aromatic carbocycles. The van der Waals surface area contributed by atoms with E-state index >= 15 is 0 Å². The molecule has 1 unspecified atom stereocenters. The zero-order valence-electron chi connectivity index (χ0n) is 15.7. The summed E-state index contributed by atoms with van der Waals surface area (Å²) in [7, 11) is 0. The molecule has 0 aliphatic carbocycles. The summed E-state index contributed by atoms with van der Waals surface area (Å²) in [5.74, 6) is 1.05. The van der Waals surface area contributed by atoms with E-state index in [1.54, 1.807) is 18.2 Å². The molecule has 1 fully saturated rings. The van der Waals surface area contributed by atoms with Gasteiger partial charge in [0.15, 0.2) is 5.82 Å². The fraction of sp³-hybridized carbons (Fsp3) is 0.364. The average molecular weight is 381 g/mol. The average Bonchev–Trinajstić information content (AvgIpc) is 3.17. The number of likely N-dealkylation sites (tertiary alicyclic amines) is 1. The van der Waals surface area contributed by atoms with Crippen molar-refractivity contribution in [1.82, 2.24) is 15.0 Å². The molecule has 0 spiro atoms. The number of halogens is 1.